The minimum Gasteiger partial charge on any atom is -0.302 e. The van der Waals surface area contributed by atoms with Crippen LogP contribution in [0, 0.1) is 25.7 Å². The van der Waals surface area contributed by atoms with Crippen LogP contribution in [0.5, 0.6) is 0 Å². The number of hydrogen-bond donors (Lipinski definition) is 0. The van der Waals surface area contributed by atoms with Crippen molar-refractivity contribution in [3.63, 3.8) is 0 Å². The summed E-state index contributed by atoms with van der Waals surface area (Å²) < 4.78 is 0. The van der Waals surface area contributed by atoms with Crippen LogP contribution in [0.2, 0.25) is 0 Å². The molecule has 0 saturated carbocycles. The van der Waals surface area contributed by atoms with Gasteiger partial charge in [0.05, 0.1) is 0 Å². The molecule has 4 rings (SSSR count). The van der Waals surface area contributed by atoms with Crippen LogP contribution < -0.4 is 0 Å². The quantitative estimate of drug-likeness (QED) is 0.474. The van der Waals surface area contributed by atoms with Gasteiger partial charge in [-0.2, -0.15) is 0 Å². The van der Waals surface area contributed by atoms with E-state index in [4.69, 9.17) is 0 Å². The number of likely N-dealkylation sites (tertiary alicyclic amines) is 1. The average Bonchev–Trinajstić information content (AvgIpc) is 2.85. The van der Waals surface area contributed by atoms with E-state index >= 15 is 0 Å². The van der Waals surface area contributed by atoms with Gasteiger partial charge in [0.15, 0.2) is 11.6 Å². The fourth-order valence-electron chi connectivity index (χ4n) is 5.09. The molecule has 1 aliphatic heterocycles. The van der Waals surface area contributed by atoms with Gasteiger partial charge < -0.3 is 4.90 Å². The molecule has 1 fully saturated rings. The third-order valence-electron chi connectivity index (χ3n) is 7.02. The Morgan fingerprint density at radius 1 is 0.750 bits per heavy atom. The normalized spacial score (nSPS) is 19.6. The second kappa shape index (κ2) is 9.62. The van der Waals surface area contributed by atoms with Crippen molar-refractivity contribution >= 4 is 11.6 Å². The van der Waals surface area contributed by atoms with Crippen molar-refractivity contribution in [2.45, 2.75) is 26.7 Å². The van der Waals surface area contributed by atoms with Gasteiger partial charge in [0.25, 0.3) is 0 Å². The van der Waals surface area contributed by atoms with Crippen LogP contribution in [0.15, 0.2) is 78.9 Å². The molecule has 0 aromatic heterocycles. The summed E-state index contributed by atoms with van der Waals surface area (Å²) in [6, 6.07) is 25.3. The molecule has 3 nitrogen and oxygen atoms in total. The Labute approximate surface area is 191 Å². The third-order valence-corrected chi connectivity index (χ3v) is 7.02. The van der Waals surface area contributed by atoms with E-state index in [-0.39, 0.29) is 29.3 Å². The fourth-order valence-corrected chi connectivity index (χ4v) is 5.09. The van der Waals surface area contributed by atoms with Gasteiger partial charge >= 0.3 is 0 Å². The number of piperidine rings is 1. The van der Waals surface area contributed by atoms with E-state index < -0.39 is 0 Å². The molecule has 164 valence electrons. The van der Waals surface area contributed by atoms with Gasteiger partial charge in [0, 0.05) is 42.0 Å². The molecule has 3 aromatic carbocycles. The van der Waals surface area contributed by atoms with Gasteiger partial charge in [0.1, 0.15) is 0 Å². The second-order valence-corrected chi connectivity index (χ2v) is 8.84. The number of carbonyl (C=O) groups excluding carboxylic acids is 2. The average molecular weight is 426 g/mol. The Bertz CT molecular complexity index is 1030. The highest BCUT2D eigenvalue weighted by Crippen LogP contribution is 2.42. The van der Waals surface area contributed by atoms with Gasteiger partial charge in [0.2, 0.25) is 0 Å². The van der Waals surface area contributed by atoms with E-state index in [0.29, 0.717) is 13.1 Å². The molecule has 0 N–H and O–H groups in total. The minimum absolute atomic E-state index is 0.125. The minimum atomic E-state index is -0.274. The van der Waals surface area contributed by atoms with Crippen LogP contribution in [0.1, 0.15) is 50.2 Å². The number of carbonyl (C=O) groups is 2. The number of nitrogens with zero attached hydrogens (tertiary/aromatic N) is 1. The van der Waals surface area contributed by atoms with Crippen LogP contribution in [-0.4, -0.2) is 36.1 Å². The van der Waals surface area contributed by atoms with Crippen molar-refractivity contribution in [1.82, 2.24) is 4.90 Å². The zero-order chi connectivity index (χ0) is 22.7. The number of benzene rings is 3. The maximum Gasteiger partial charge on any atom is 0.167 e. The van der Waals surface area contributed by atoms with E-state index in [2.05, 4.69) is 43.9 Å². The zero-order valence-electron chi connectivity index (χ0n) is 19.1. The number of hydrogen-bond acceptors (Lipinski definition) is 3. The molecule has 3 aromatic rings. The van der Waals surface area contributed by atoms with Crippen molar-refractivity contribution in [3.8, 4) is 0 Å². The van der Waals surface area contributed by atoms with E-state index in [0.717, 1.165) is 23.2 Å². The van der Waals surface area contributed by atoms with Gasteiger partial charge in [-0.3, -0.25) is 9.59 Å². The standard InChI is InChI=1S/C29H31NO2/c1-4-30-18-25(28(31)22-13-7-5-8-14-22)27(24-17-11-12-20(2)21(24)3)26(19-30)29(32)23-15-9-6-10-16-23/h5-17,25-27H,4,18-19H2,1-3H3/t25-,26-/m0/s1. The summed E-state index contributed by atoms with van der Waals surface area (Å²) in [6.45, 7) is 8.47. The third kappa shape index (κ3) is 4.31. The highest BCUT2D eigenvalue weighted by molar-refractivity contribution is 6.02. The molecule has 0 amide bonds. The Morgan fingerprint density at radius 3 is 1.72 bits per heavy atom. The van der Waals surface area contributed by atoms with Crippen LogP contribution >= 0.6 is 0 Å². The molecule has 1 heterocycles. The van der Waals surface area contributed by atoms with Gasteiger partial charge in [-0.25, -0.2) is 0 Å². The topological polar surface area (TPSA) is 37.4 Å². The SMILES string of the molecule is CCN1C[C@H](C(=O)c2ccccc2)C(c2cccc(C)c2C)[C@@H](C(=O)c2ccccc2)C1. The lowest BCUT2D eigenvalue weighted by Gasteiger charge is -2.43. The first kappa shape index (κ1) is 22.2. The second-order valence-electron chi connectivity index (χ2n) is 8.84. The molecule has 0 aliphatic carbocycles. The Kier molecular flexibility index (Phi) is 6.66. The molecule has 32 heavy (non-hydrogen) atoms. The van der Waals surface area contributed by atoms with Crippen molar-refractivity contribution in [3.05, 3.63) is 107 Å². The van der Waals surface area contributed by atoms with Crippen LogP contribution in [0.3, 0.4) is 0 Å². The predicted octanol–water partition coefficient (Wildman–Crippen LogP) is 5.72. The molecule has 0 radical (unpaired) electrons. The summed E-state index contributed by atoms with van der Waals surface area (Å²) in [4.78, 5) is 29.9. The van der Waals surface area contributed by atoms with Gasteiger partial charge in [-0.05, 0) is 37.1 Å². The molecule has 0 unspecified atom stereocenters. The molecule has 3 heteroatoms. The first-order valence-corrected chi connectivity index (χ1v) is 11.5. The lowest BCUT2D eigenvalue weighted by atomic mass is 9.67. The smallest absolute Gasteiger partial charge is 0.167 e. The number of rotatable bonds is 6. The molecule has 0 bridgehead atoms. The van der Waals surface area contributed by atoms with Crippen LogP contribution in [0.4, 0.5) is 0 Å². The Hall–Kier alpha value is -3.04. The monoisotopic (exact) mass is 425 g/mol. The number of Topliss-reactive ketones (excluding diaryl/α,β-unsaturated/α-hetero) is 2. The van der Waals surface area contributed by atoms with Crippen molar-refractivity contribution in [2.24, 2.45) is 11.8 Å². The first-order chi connectivity index (χ1) is 15.5. The summed E-state index contributed by atoms with van der Waals surface area (Å²) in [7, 11) is 0. The fraction of sp³-hybridized carbons (Fsp3) is 0.310. The Balaban J connectivity index is 1.85. The van der Waals surface area contributed by atoms with Crippen LogP contribution in [0.25, 0.3) is 0 Å². The molecular formula is C29H31NO2. The largest absolute Gasteiger partial charge is 0.302 e. The maximum absolute atomic E-state index is 13.8. The van der Waals surface area contributed by atoms with Gasteiger partial charge in [-0.1, -0.05) is 85.8 Å². The summed E-state index contributed by atoms with van der Waals surface area (Å²) >= 11 is 0. The molecule has 0 spiro atoms. The summed E-state index contributed by atoms with van der Waals surface area (Å²) in [5, 5.41) is 0. The van der Waals surface area contributed by atoms with Crippen molar-refractivity contribution in [1.29, 1.82) is 0 Å². The zero-order valence-corrected chi connectivity index (χ0v) is 19.1. The predicted molar refractivity (Wildman–Crippen MR) is 129 cm³/mol. The molecule has 1 aliphatic rings. The highest BCUT2D eigenvalue weighted by atomic mass is 16.1. The maximum atomic E-state index is 13.8. The summed E-state index contributed by atoms with van der Waals surface area (Å²) in [5.41, 5.74) is 4.94. The van der Waals surface area contributed by atoms with E-state index in [9.17, 15) is 9.59 Å². The lowest BCUT2D eigenvalue weighted by Crippen LogP contribution is -2.50. The Morgan fingerprint density at radius 2 is 1.25 bits per heavy atom. The van der Waals surface area contributed by atoms with Crippen molar-refractivity contribution in [2.75, 3.05) is 19.6 Å². The highest BCUT2D eigenvalue weighted by Gasteiger charge is 2.44. The van der Waals surface area contributed by atoms with E-state index in [1.807, 2.05) is 60.7 Å². The number of ketones is 2. The summed E-state index contributed by atoms with van der Waals surface area (Å²) in [5.74, 6) is -0.451. The number of aryl methyl sites for hydroxylation is 1. The van der Waals surface area contributed by atoms with Gasteiger partial charge in [-0.15, -0.1) is 0 Å². The lowest BCUT2D eigenvalue weighted by molar-refractivity contribution is 0.0584. The molecule has 1 saturated heterocycles. The van der Waals surface area contributed by atoms with E-state index in [1.165, 1.54) is 11.1 Å². The summed E-state index contributed by atoms with van der Waals surface area (Å²) in [6.07, 6.45) is 0. The molecule has 2 atom stereocenters. The van der Waals surface area contributed by atoms with E-state index in [1.54, 1.807) is 0 Å². The van der Waals surface area contributed by atoms with Crippen molar-refractivity contribution < 1.29 is 9.59 Å². The first-order valence-electron chi connectivity index (χ1n) is 11.5. The molecular weight excluding hydrogens is 394 g/mol. The van der Waals surface area contributed by atoms with Crippen LogP contribution in [-0.2, 0) is 0 Å².